The Morgan fingerprint density at radius 2 is 2.11 bits per heavy atom. The van der Waals surface area contributed by atoms with Crippen molar-refractivity contribution in [3.8, 4) is 0 Å². The Morgan fingerprint density at radius 1 is 1.33 bits per heavy atom. The first-order chi connectivity index (χ1) is 8.61. The maximum atomic E-state index is 13.4. The van der Waals surface area contributed by atoms with Crippen LogP contribution in [0.5, 0.6) is 0 Å². The quantitative estimate of drug-likeness (QED) is 0.599. The molecule has 0 bridgehead atoms. The molecule has 4 nitrogen and oxygen atoms in total. The molecule has 0 fully saturated rings. The second-order valence-corrected chi connectivity index (χ2v) is 4.72. The topological polar surface area (TPSA) is 77.0 Å². The van der Waals surface area contributed by atoms with Crippen molar-refractivity contribution in [1.82, 2.24) is 10.4 Å². The molecule has 0 aliphatic heterocycles. The molecule has 2 aromatic rings. The SMILES string of the molecule is NNC(c1cc(F)cc(Br)c1)c1cnccc1N. The largest absolute Gasteiger partial charge is 0.398 e. The number of nitrogens with one attached hydrogen (secondary N) is 1. The number of aromatic nitrogens is 1. The number of rotatable bonds is 3. The Balaban J connectivity index is 2.48. The van der Waals surface area contributed by atoms with E-state index in [1.807, 2.05) is 0 Å². The average Bonchev–Trinajstić information content (AvgIpc) is 2.31. The minimum Gasteiger partial charge on any atom is -0.398 e. The molecule has 1 heterocycles. The van der Waals surface area contributed by atoms with Gasteiger partial charge in [0.25, 0.3) is 0 Å². The number of nitrogens with zero attached hydrogens (tertiary/aromatic N) is 1. The van der Waals surface area contributed by atoms with E-state index in [2.05, 4.69) is 26.3 Å². The fraction of sp³-hybridized carbons (Fsp3) is 0.0833. The van der Waals surface area contributed by atoms with Crippen LogP contribution in [0, 0.1) is 5.82 Å². The van der Waals surface area contributed by atoms with E-state index in [9.17, 15) is 4.39 Å². The number of nitrogen functional groups attached to an aromatic ring is 1. The molecule has 94 valence electrons. The summed E-state index contributed by atoms with van der Waals surface area (Å²) in [6.45, 7) is 0. The first-order valence-electron chi connectivity index (χ1n) is 5.23. The van der Waals surface area contributed by atoms with E-state index >= 15 is 0 Å². The van der Waals surface area contributed by atoms with Gasteiger partial charge in [-0.25, -0.2) is 9.82 Å². The molecule has 2 rings (SSSR count). The molecule has 0 amide bonds. The zero-order chi connectivity index (χ0) is 13.1. The first kappa shape index (κ1) is 12.9. The number of hydrogen-bond acceptors (Lipinski definition) is 4. The summed E-state index contributed by atoms with van der Waals surface area (Å²) >= 11 is 3.25. The molecular weight excluding hydrogens is 299 g/mol. The van der Waals surface area contributed by atoms with Gasteiger partial charge in [0.2, 0.25) is 0 Å². The van der Waals surface area contributed by atoms with E-state index in [0.717, 1.165) is 0 Å². The molecule has 6 heteroatoms. The van der Waals surface area contributed by atoms with Crippen LogP contribution in [0.2, 0.25) is 0 Å². The highest BCUT2D eigenvalue weighted by Crippen LogP contribution is 2.27. The van der Waals surface area contributed by atoms with Crippen molar-refractivity contribution in [1.29, 1.82) is 0 Å². The molecule has 0 saturated heterocycles. The van der Waals surface area contributed by atoms with Crippen molar-refractivity contribution in [2.45, 2.75) is 6.04 Å². The smallest absolute Gasteiger partial charge is 0.124 e. The van der Waals surface area contributed by atoms with Crippen LogP contribution in [0.15, 0.2) is 41.1 Å². The van der Waals surface area contributed by atoms with Crippen LogP contribution in [-0.2, 0) is 0 Å². The molecule has 1 aromatic carbocycles. The van der Waals surface area contributed by atoms with Crippen molar-refractivity contribution in [2.75, 3.05) is 5.73 Å². The Labute approximate surface area is 112 Å². The molecule has 5 N–H and O–H groups in total. The van der Waals surface area contributed by atoms with E-state index in [-0.39, 0.29) is 5.82 Å². The molecule has 0 saturated carbocycles. The lowest BCUT2D eigenvalue weighted by Crippen LogP contribution is -2.29. The Kier molecular flexibility index (Phi) is 3.90. The van der Waals surface area contributed by atoms with Crippen LogP contribution in [0.3, 0.4) is 0 Å². The summed E-state index contributed by atoms with van der Waals surface area (Å²) in [5.41, 5.74) is 10.4. The lowest BCUT2D eigenvalue weighted by molar-refractivity contribution is 0.604. The van der Waals surface area contributed by atoms with Gasteiger partial charge in [0.05, 0.1) is 6.04 Å². The molecular formula is C12H12BrFN4. The molecule has 0 aliphatic carbocycles. The third kappa shape index (κ3) is 2.66. The van der Waals surface area contributed by atoms with Crippen LogP contribution in [0.4, 0.5) is 10.1 Å². The van der Waals surface area contributed by atoms with Crippen LogP contribution < -0.4 is 17.0 Å². The van der Waals surface area contributed by atoms with Gasteiger partial charge in [-0.2, -0.15) is 0 Å². The highest BCUT2D eigenvalue weighted by molar-refractivity contribution is 9.10. The average molecular weight is 311 g/mol. The van der Waals surface area contributed by atoms with E-state index < -0.39 is 6.04 Å². The van der Waals surface area contributed by atoms with Crippen LogP contribution in [0.1, 0.15) is 17.2 Å². The highest BCUT2D eigenvalue weighted by Gasteiger charge is 2.16. The van der Waals surface area contributed by atoms with E-state index in [1.54, 1.807) is 24.5 Å². The molecule has 0 radical (unpaired) electrons. The van der Waals surface area contributed by atoms with Crippen molar-refractivity contribution in [3.63, 3.8) is 0 Å². The van der Waals surface area contributed by atoms with Gasteiger partial charge < -0.3 is 5.73 Å². The summed E-state index contributed by atoms with van der Waals surface area (Å²) in [4.78, 5) is 4.00. The number of pyridine rings is 1. The molecule has 1 aromatic heterocycles. The van der Waals surface area contributed by atoms with Gasteiger partial charge >= 0.3 is 0 Å². The summed E-state index contributed by atoms with van der Waals surface area (Å²) in [6, 6.07) is 5.82. The van der Waals surface area contributed by atoms with E-state index in [0.29, 0.717) is 21.3 Å². The maximum absolute atomic E-state index is 13.4. The Hall–Kier alpha value is -1.50. The molecule has 0 aliphatic rings. The minimum absolute atomic E-state index is 0.345. The number of hydrazine groups is 1. The second-order valence-electron chi connectivity index (χ2n) is 3.81. The molecule has 0 spiro atoms. The van der Waals surface area contributed by atoms with Gasteiger partial charge in [-0.05, 0) is 29.8 Å². The van der Waals surface area contributed by atoms with Gasteiger partial charge in [-0.1, -0.05) is 15.9 Å². The van der Waals surface area contributed by atoms with Gasteiger partial charge in [0, 0.05) is 28.1 Å². The van der Waals surface area contributed by atoms with Crippen molar-refractivity contribution in [2.24, 2.45) is 5.84 Å². The fourth-order valence-electron chi connectivity index (χ4n) is 1.77. The molecule has 1 atom stereocenters. The standard InChI is InChI=1S/C12H12BrFN4/c13-8-3-7(4-9(14)5-8)12(18-16)10-6-17-2-1-11(10)15/h1-6,12,18H,16H2,(H2,15,17). The van der Waals surface area contributed by atoms with Gasteiger partial charge in [0.15, 0.2) is 0 Å². The number of halogens is 2. The summed E-state index contributed by atoms with van der Waals surface area (Å²) < 4.78 is 14.0. The third-order valence-corrected chi connectivity index (χ3v) is 3.04. The van der Waals surface area contributed by atoms with E-state index in [1.165, 1.54) is 12.1 Å². The van der Waals surface area contributed by atoms with Crippen molar-refractivity contribution >= 4 is 21.6 Å². The first-order valence-corrected chi connectivity index (χ1v) is 6.02. The summed E-state index contributed by atoms with van der Waals surface area (Å²) in [5, 5.41) is 0. The number of nitrogens with two attached hydrogens (primary N) is 2. The van der Waals surface area contributed by atoms with E-state index in [4.69, 9.17) is 11.6 Å². The molecule has 18 heavy (non-hydrogen) atoms. The normalized spacial score (nSPS) is 12.4. The van der Waals surface area contributed by atoms with Gasteiger partial charge in [0.1, 0.15) is 5.82 Å². The highest BCUT2D eigenvalue weighted by atomic mass is 79.9. The lowest BCUT2D eigenvalue weighted by atomic mass is 9.99. The van der Waals surface area contributed by atoms with Crippen molar-refractivity contribution in [3.05, 3.63) is 58.1 Å². The van der Waals surface area contributed by atoms with Gasteiger partial charge in [-0.15, -0.1) is 0 Å². The maximum Gasteiger partial charge on any atom is 0.124 e. The number of benzene rings is 1. The van der Waals surface area contributed by atoms with Gasteiger partial charge in [-0.3, -0.25) is 10.8 Å². The lowest BCUT2D eigenvalue weighted by Gasteiger charge is -2.18. The minimum atomic E-state index is -0.411. The molecule has 1 unspecified atom stereocenters. The third-order valence-electron chi connectivity index (χ3n) is 2.58. The Bertz CT molecular complexity index is 541. The zero-order valence-corrected chi connectivity index (χ0v) is 11.0. The Morgan fingerprint density at radius 3 is 2.72 bits per heavy atom. The number of hydrogen-bond donors (Lipinski definition) is 3. The summed E-state index contributed by atoms with van der Waals surface area (Å²) in [5.74, 6) is 5.19. The van der Waals surface area contributed by atoms with Crippen LogP contribution in [0.25, 0.3) is 0 Å². The monoisotopic (exact) mass is 310 g/mol. The van der Waals surface area contributed by atoms with Crippen LogP contribution in [-0.4, -0.2) is 4.98 Å². The van der Waals surface area contributed by atoms with Crippen LogP contribution >= 0.6 is 15.9 Å². The van der Waals surface area contributed by atoms with Crippen molar-refractivity contribution < 1.29 is 4.39 Å². The summed E-state index contributed by atoms with van der Waals surface area (Å²) in [6.07, 6.45) is 3.20. The number of anilines is 1. The predicted molar refractivity (Wildman–Crippen MR) is 71.9 cm³/mol. The second kappa shape index (κ2) is 5.43. The fourth-order valence-corrected chi connectivity index (χ4v) is 2.25. The summed E-state index contributed by atoms with van der Waals surface area (Å²) in [7, 11) is 0. The zero-order valence-electron chi connectivity index (χ0n) is 9.40. The predicted octanol–water partition coefficient (Wildman–Crippen LogP) is 2.12.